The second-order valence-electron chi connectivity index (χ2n) is 4.26. The Bertz CT molecular complexity index is 405. The normalized spacial score (nSPS) is 24.3. The first kappa shape index (κ1) is 11.4. The van der Waals surface area contributed by atoms with Crippen LogP contribution in [0.3, 0.4) is 0 Å². The largest absolute Gasteiger partial charge is 0.228 e. The van der Waals surface area contributed by atoms with Gasteiger partial charge < -0.3 is 0 Å². The van der Waals surface area contributed by atoms with Crippen molar-refractivity contribution in [1.82, 2.24) is 9.97 Å². The summed E-state index contributed by atoms with van der Waals surface area (Å²) in [6, 6.07) is 4.36. The highest BCUT2D eigenvalue weighted by Gasteiger charge is 2.28. The Morgan fingerprint density at radius 3 is 2.62 bits per heavy atom. The monoisotopic (exact) mass is 233 g/mol. The summed E-state index contributed by atoms with van der Waals surface area (Å²) < 4.78 is 0. The Morgan fingerprint density at radius 2 is 2.00 bits per heavy atom. The average Bonchev–Trinajstić information content (AvgIpc) is 2.63. The lowest BCUT2D eigenvalue weighted by atomic mass is 10.1. The zero-order valence-corrected chi connectivity index (χ0v) is 10.4. The van der Waals surface area contributed by atoms with Crippen LogP contribution in [0.25, 0.3) is 0 Å². The van der Waals surface area contributed by atoms with Gasteiger partial charge in [0.1, 0.15) is 0 Å². The van der Waals surface area contributed by atoms with E-state index in [4.69, 9.17) is 5.26 Å². The molecular weight excluding hydrogens is 218 g/mol. The van der Waals surface area contributed by atoms with E-state index in [1.165, 1.54) is 0 Å². The first-order valence-electron chi connectivity index (χ1n) is 5.57. The number of hydrogen-bond acceptors (Lipinski definition) is 4. The lowest BCUT2D eigenvalue weighted by Crippen LogP contribution is -2.08. The van der Waals surface area contributed by atoms with Crippen molar-refractivity contribution in [2.45, 2.75) is 43.5 Å². The van der Waals surface area contributed by atoms with Gasteiger partial charge in [-0.3, -0.25) is 0 Å². The van der Waals surface area contributed by atoms with Gasteiger partial charge in [0.25, 0.3) is 0 Å². The van der Waals surface area contributed by atoms with E-state index in [9.17, 15) is 0 Å². The van der Waals surface area contributed by atoms with E-state index < -0.39 is 0 Å². The van der Waals surface area contributed by atoms with Crippen molar-refractivity contribution >= 4 is 11.8 Å². The molecule has 1 fully saturated rings. The average molecular weight is 233 g/mol. The molecule has 3 nitrogen and oxygen atoms in total. The molecule has 0 aromatic carbocycles. The molecule has 0 N–H and O–H groups in total. The third-order valence-corrected chi connectivity index (χ3v) is 4.10. The number of thioether (sulfide) groups is 1. The van der Waals surface area contributed by atoms with Crippen molar-refractivity contribution < 1.29 is 0 Å². The summed E-state index contributed by atoms with van der Waals surface area (Å²) in [5.41, 5.74) is 2.00. The number of nitriles is 1. The quantitative estimate of drug-likeness (QED) is 0.737. The molecule has 4 heteroatoms. The third-order valence-electron chi connectivity index (χ3n) is 2.84. The molecule has 0 bridgehead atoms. The van der Waals surface area contributed by atoms with E-state index in [-0.39, 0.29) is 5.92 Å². The molecule has 1 saturated carbocycles. The van der Waals surface area contributed by atoms with Crippen LogP contribution in [0.15, 0.2) is 11.2 Å². The molecule has 1 aliphatic rings. The second kappa shape index (κ2) is 4.84. The van der Waals surface area contributed by atoms with E-state index in [0.29, 0.717) is 5.25 Å². The van der Waals surface area contributed by atoms with Crippen molar-refractivity contribution in [3.63, 3.8) is 0 Å². The van der Waals surface area contributed by atoms with Crippen molar-refractivity contribution in [1.29, 1.82) is 5.26 Å². The highest BCUT2D eigenvalue weighted by molar-refractivity contribution is 7.99. The molecule has 0 radical (unpaired) electrons. The Morgan fingerprint density at radius 1 is 1.31 bits per heavy atom. The fourth-order valence-corrected chi connectivity index (χ4v) is 3.41. The van der Waals surface area contributed by atoms with Crippen LogP contribution in [-0.4, -0.2) is 15.2 Å². The SMILES string of the molecule is Cc1cc(C)nc(SC2CCCC2C#N)n1. The fourth-order valence-electron chi connectivity index (χ4n) is 2.10. The van der Waals surface area contributed by atoms with Gasteiger partial charge >= 0.3 is 0 Å². The number of hydrogen-bond donors (Lipinski definition) is 0. The van der Waals surface area contributed by atoms with Crippen LogP contribution < -0.4 is 0 Å². The number of nitrogens with zero attached hydrogens (tertiary/aromatic N) is 3. The van der Waals surface area contributed by atoms with E-state index in [2.05, 4.69) is 16.0 Å². The zero-order valence-electron chi connectivity index (χ0n) is 9.60. The summed E-state index contributed by atoms with van der Waals surface area (Å²) in [6.45, 7) is 3.96. The minimum Gasteiger partial charge on any atom is -0.228 e. The second-order valence-corrected chi connectivity index (χ2v) is 5.46. The van der Waals surface area contributed by atoms with Gasteiger partial charge in [0.2, 0.25) is 0 Å². The maximum Gasteiger partial charge on any atom is 0.188 e. The molecule has 0 saturated heterocycles. The van der Waals surface area contributed by atoms with E-state index in [1.54, 1.807) is 11.8 Å². The summed E-state index contributed by atoms with van der Waals surface area (Å²) in [4.78, 5) is 8.82. The Kier molecular flexibility index (Phi) is 3.45. The van der Waals surface area contributed by atoms with Crippen LogP contribution in [0.5, 0.6) is 0 Å². The molecule has 1 aromatic rings. The third kappa shape index (κ3) is 2.53. The topological polar surface area (TPSA) is 49.6 Å². The summed E-state index contributed by atoms with van der Waals surface area (Å²) in [7, 11) is 0. The summed E-state index contributed by atoms with van der Waals surface area (Å²) in [5, 5.41) is 10.2. The van der Waals surface area contributed by atoms with E-state index in [1.807, 2.05) is 19.9 Å². The Balaban J connectivity index is 2.12. The standard InChI is InChI=1S/C12H15N3S/c1-8-6-9(2)15-12(14-8)16-11-5-3-4-10(11)7-13/h6,10-11H,3-5H2,1-2H3. The molecule has 1 aliphatic carbocycles. The summed E-state index contributed by atoms with van der Waals surface area (Å²) >= 11 is 1.67. The van der Waals surface area contributed by atoms with Crippen LogP contribution in [0, 0.1) is 31.1 Å². The lowest BCUT2D eigenvalue weighted by molar-refractivity contribution is 0.711. The van der Waals surface area contributed by atoms with Gasteiger partial charge in [-0.2, -0.15) is 5.26 Å². The molecule has 0 spiro atoms. The van der Waals surface area contributed by atoms with Gasteiger partial charge in [0.05, 0.1) is 12.0 Å². The van der Waals surface area contributed by atoms with Crippen LogP contribution in [0.2, 0.25) is 0 Å². The first-order chi connectivity index (χ1) is 7.69. The molecule has 1 heterocycles. The van der Waals surface area contributed by atoms with Gasteiger partial charge in [-0.05, 0) is 32.8 Å². The highest BCUT2D eigenvalue weighted by atomic mass is 32.2. The first-order valence-corrected chi connectivity index (χ1v) is 6.45. The Hall–Kier alpha value is -1.08. The minimum atomic E-state index is 0.175. The molecule has 1 aromatic heterocycles. The van der Waals surface area contributed by atoms with Crippen molar-refractivity contribution in [2.75, 3.05) is 0 Å². The molecule has 0 aliphatic heterocycles. The van der Waals surface area contributed by atoms with E-state index in [0.717, 1.165) is 35.8 Å². The van der Waals surface area contributed by atoms with Gasteiger partial charge in [0, 0.05) is 16.6 Å². The molecule has 2 rings (SSSR count). The van der Waals surface area contributed by atoms with Gasteiger partial charge in [0.15, 0.2) is 5.16 Å². The van der Waals surface area contributed by atoms with Crippen molar-refractivity contribution in [2.24, 2.45) is 5.92 Å². The fraction of sp³-hybridized carbons (Fsp3) is 0.583. The maximum absolute atomic E-state index is 9.02. The molecule has 84 valence electrons. The van der Waals surface area contributed by atoms with Crippen LogP contribution in [0.1, 0.15) is 30.7 Å². The van der Waals surface area contributed by atoms with Crippen LogP contribution in [-0.2, 0) is 0 Å². The smallest absolute Gasteiger partial charge is 0.188 e. The number of aryl methyl sites for hydroxylation is 2. The predicted molar refractivity (Wildman–Crippen MR) is 64.1 cm³/mol. The summed E-state index contributed by atoms with van der Waals surface area (Å²) in [5.74, 6) is 0.175. The maximum atomic E-state index is 9.02. The van der Waals surface area contributed by atoms with Crippen LogP contribution >= 0.6 is 11.8 Å². The molecule has 16 heavy (non-hydrogen) atoms. The number of rotatable bonds is 2. The van der Waals surface area contributed by atoms with E-state index >= 15 is 0 Å². The zero-order chi connectivity index (χ0) is 11.5. The molecule has 0 amide bonds. The molecule has 2 unspecified atom stereocenters. The Labute approximate surface area is 100 Å². The minimum absolute atomic E-state index is 0.175. The van der Waals surface area contributed by atoms with Gasteiger partial charge in [-0.15, -0.1) is 0 Å². The molecular formula is C12H15N3S. The lowest BCUT2D eigenvalue weighted by Gasteiger charge is -2.11. The molecule has 2 atom stereocenters. The summed E-state index contributed by atoms with van der Waals surface area (Å²) in [6.07, 6.45) is 3.29. The van der Waals surface area contributed by atoms with Crippen molar-refractivity contribution in [3.8, 4) is 6.07 Å². The van der Waals surface area contributed by atoms with Crippen molar-refractivity contribution in [3.05, 3.63) is 17.5 Å². The predicted octanol–water partition coefficient (Wildman–Crippen LogP) is 2.88. The van der Waals surface area contributed by atoms with Gasteiger partial charge in [-0.1, -0.05) is 18.2 Å². The van der Waals surface area contributed by atoms with Crippen LogP contribution in [0.4, 0.5) is 0 Å². The highest BCUT2D eigenvalue weighted by Crippen LogP contribution is 2.37. The number of aromatic nitrogens is 2. The van der Waals surface area contributed by atoms with Gasteiger partial charge in [-0.25, -0.2) is 9.97 Å².